The van der Waals surface area contributed by atoms with E-state index in [0.29, 0.717) is 11.5 Å². The maximum atomic E-state index is 5.89. The van der Waals surface area contributed by atoms with E-state index >= 15 is 0 Å². The molecule has 0 aromatic rings. The summed E-state index contributed by atoms with van der Waals surface area (Å²) in [5, 5.41) is 0. The molecule has 0 aromatic carbocycles. The zero-order valence-electron chi connectivity index (χ0n) is 12.4. The molecule has 18 heavy (non-hydrogen) atoms. The number of hydrogen-bond acceptors (Lipinski definition) is 2. The largest absolute Gasteiger partial charge is 0.271 e. The van der Waals surface area contributed by atoms with Gasteiger partial charge in [-0.25, -0.2) is 0 Å². The average molecular weight is 252 g/mol. The van der Waals surface area contributed by atoms with E-state index in [4.69, 9.17) is 5.84 Å². The summed E-state index contributed by atoms with van der Waals surface area (Å²) in [5.74, 6) is 7.60. The SMILES string of the molecule is CC1(C)CCCCC1C(CC1CCCCC1)NN. The first-order valence-electron chi connectivity index (χ1n) is 8.09. The van der Waals surface area contributed by atoms with Crippen molar-refractivity contribution in [2.75, 3.05) is 0 Å². The van der Waals surface area contributed by atoms with Crippen LogP contribution >= 0.6 is 0 Å². The number of nitrogens with two attached hydrogens (primary N) is 1. The number of rotatable bonds is 4. The maximum Gasteiger partial charge on any atom is 0.0246 e. The molecule has 0 spiro atoms. The van der Waals surface area contributed by atoms with Gasteiger partial charge in [0, 0.05) is 6.04 Å². The lowest BCUT2D eigenvalue weighted by atomic mass is 9.64. The molecule has 0 amide bonds. The smallest absolute Gasteiger partial charge is 0.0246 e. The summed E-state index contributed by atoms with van der Waals surface area (Å²) in [7, 11) is 0. The first-order chi connectivity index (χ1) is 8.63. The molecule has 2 saturated carbocycles. The van der Waals surface area contributed by atoms with Crippen molar-refractivity contribution in [2.45, 2.75) is 84.1 Å². The third-order valence-corrected chi connectivity index (χ3v) is 5.60. The van der Waals surface area contributed by atoms with E-state index in [1.165, 1.54) is 64.2 Å². The predicted molar refractivity (Wildman–Crippen MR) is 78.0 cm³/mol. The summed E-state index contributed by atoms with van der Waals surface area (Å²) in [6, 6.07) is 0.545. The molecule has 2 aliphatic rings. The van der Waals surface area contributed by atoms with Crippen LogP contribution in [0.15, 0.2) is 0 Å². The summed E-state index contributed by atoms with van der Waals surface area (Å²) < 4.78 is 0. The van der Waals surface area contributed by atoms with E-state index in [-0.39, 0.29) is 0 Å². The first kappa shape index (κ1) is 14.3. The monoisotopic (exact) mass is 252 g/mol. The fourth-order valence-electron chi connectivity index (χ4n) is 4.40. The topological polar surface area (TPSA) is 38.0 Å². The van der Waals surface area contributed by atoms with Crippen LogP contribution in [0.2, 0.25) is 0 Å². The molecule has 106 valence electrons. The Hall–Kier alpha value is -0.0800. The van der Waals surface area contributed by atoms with Crippen molar-refractivity contribution >= 4 is 0 Å². The van der Waals surface area contributed by atoms with Crippen molar-refractivity contribution in [3.63, 3.8) is 0 Å². The fraction of sp³-hybridized carbons (Fsp3) is 1.00. The second-order valence-electron chi connectivity index (χ2n) is 7.35. The second-order valence-corrected chi connectivity index (χ2v) is 7.35. The zero-order valence-corrected chi connectivity index (χ0v) is 12.4. The summed E-state index contributed by atoms with van der Waals surface area (Å²) in [5.41, 5.74) is 3.65. The van der Waals surface area contributed by atoms with Crippen LogP contribution in [0.3, 0.4) is 0 Å². The normalized spacial score (nSPS) is 31.2. The highest BCUT2D eigenvalue weighted by Crippen LogP contribution is 2.44. The van der Waals surface area contributed by atoms with Crippen LogP contribution < -0.4 is 11.3 Å². The predicted octanol–water partition coefficient (Wildman–Crippen LogP) is 4.01. The highest BCUT2D eigenvalue weighted by molar-refractivity contribution is 4.90. The van der Waals surface area contributed by atoms with Crippen LogP contribution in [-0.4, -0.2) is 6.04 Å². The van der Waals surface area contributed by atoms with Crippen molar-refractivity contribution in [1.29, 1.82) is 0 Å². The molecule has 3 N–H and O–H groups in total. The van der Waals surface area contributed by atoms with Crippen LogP contribution in [0.5, 0.6) is 0 Å². The molecular weight excluding hydrogens is 220 g/mol. The molecule has 2 aliphatic carbocycles. The highest BCUT2D eigenvalue weighted by atomic mass is 15.2. The zero-order chi connectivity index (χ0) is 13.0. The van der Waals surface area contributed by atoms with Crippen LogP contribution in [0.1, 0.15) is 78.1 Å². The van der Waals surface area contributed by atoms with Crippen molar-refractivity contribution < 1.29 is 0 Å². The van der Waals surface area contributed by atoms with Gasteiger partial charge in [0.2, 0.25) is 0 Å². The molecule has 0 bridgehead atoms. The van der Waals surface area contributed by atoms with Crippen LogP contribution in [0, 0.1) is 17.3 Å². The van der Waals surface area contributed by atoms with Crippen molar-refractivity contribution in [1.82, 2.24) is 5.43 Å². The minimum Gasteiger partial charge on any atom is -0.271 e. The van der Waals surface area contributed by atoms with Gasteiger partial charge in [-0.05, 0) is 36.5 Å². The first-order valence-corrected chi connectivity index (χ1v) is 8.09. The number of nitrogens with one attached hydrogen (secondary N) is 1. The van der Waals surface area contributed by atoms with Gasteiger partial charge in [-0.2, -0.15) is 0 Å². The lowest BCUT2D eigenvalue weighted by Gasteiger charge is -2.44. The minimum absolute atomic E-state index is 0.476. The summed E-state index contributed by atoms with van der Waals surface area (Å²) in [4.78, 5) is 0. The Labute approximate surface area is 113 Å². The summed E-state index contributed by atoms with van der Waals surface area (Å²) in [6.07, 6.45) is 14.1. The summed E-state index contributed by atoms with van der Waals surface area (Å²) in [6.45, 7) is 4.89. The average Bonchev–Trinajstić information content (AvgIpc) is 2.37. The van der Waals surface area contributed by atoms with Gasteiger partial charge in [0.15, 0.2) is 0 Å². The van der Waals surface area contributed by atoms with E-state index in [2.05, 4.69) is 19.3 Å². The van der Waals surface area contributed by atoms with Crippen molar-refractivity contribution in [3.05, 3.63) is 0 Å². The Bertz CT molecular complexity index is 243. The molecule has 2 heteroatoms. The molecular formula is C16H32N2. The minimum atomic E-state index is 0.476. The Morgan fingerprint density at radius 2 is 1.72 bits per heavy atom. The Morgan fingerprint density at radius 1 is 1.06 bits per heavy atom. The third kappa shape index (κ3) is 3.48. The lowest BCUT2D eigenvalue weighted by molar-refractivity contribution is 0.0839. The Morgan fingerprint density at radius 3 is 2.33 bits per heavy atom. The number of hydrogen-bond donors (Lipinski definition) is 2. The molecule has 0 radical (unpaired) electrons. The van der Waals surface area contributed by atoms with Gasteiger partial charge < -0.3 is 0 Å². The quantitative estimate of drug-likeness (QED) is 0.586. The number of hydrazine groups is 1. The maximum absolute atomic E-state index is 5.89. The molecule has 0 aliphatic heterocycles. The van der Waals surface area contributed by atoms with Crippen LogP contribution in [-0.2, 0) is 0 Å². The summed E-state index contributed by atoms with van der Waals surface area (Å²) >= 11 is 0. The van der Waals surface area contributed by atoms with E-state index in [1.54, 1.807) is 0 Å². The van der Waals surface area contributed by atoms with Gasteiger partial charge in [-0.1, -0.05) is 58.8 Å². The van der Waals surface area contributed by atoms with Gasteiger partial charge in [0.25, 0.3) is 0 Å². The van der Waals surface area contributed by atoms with Crippen molar-refractivity contribution in [2.24, 2.45) is 23.1 Å². The van der Waals surface area contributed by atoms with Crippen LogP contribution in [0.4, 0.5) is 0 Å². The standard InChI is InChI=1S/C16H32N2/c1-16(2)11-7-6-10-14(16)15(18-17)12-13-8-4-3-5-9-13/h13-15,18H,3-12,17H2,1-2H3. The fourth-order valence-corrected chi connectivity index (χ4v) is 4.40. The van der Waals surface area contributed by atoms with Crippen molar-refractivity contribution in [3.8, 4) is 0 Å². The highest BCUT2D eigenvalue weighted by Gasteiger charge is 2.37. The molecule has 2 unspecified atom stereocenters. The third-order valence-electron chi connectivity index (χ3n) is 5.60. The molecule has 2 nitrogen and oxygen atoms in total. The molecule has 2 atom stereocenters. The van der Waals surface area contributed by atoms with Crippen LogP contribution in [0.25, 0.3) is 0 Å². The van der Waals surface area contributed by atoms with Gasteiger partial charge in [-0.15, -0.1) is 0 Å². The second kappa shape index (κ2) is 6.38. The molecule has 0 aromatic heterocycles. The van der Waals surface area contributed by atoms with Gasteiger partial charge in [0.1, 0.15) is 0 Å². The molecule has 0 heterocycles. The van der Waals surface area contributed by atoms with E-state index in [1.807, 2.05) is 0 Å². The van der Waals surface area contributed by atoms with Gasteiger partial charge in [-0.3, -0.25) is 11.3 Å². The Kier molecular flexibility index (Phi) is 5.08. The van der Waals surface area contributed by atoms with E-state index in [0.717, 1.165) is 11.8 Å². The molecule has 0 saturated heterocycles. The lowest BCUT2D eigenvalue weighted by Crippen LogP contribution is -2.48. The van der Waals surface area contributed by atoms with Gasteiger partial charge in [0.05, 0.1) is 0 Å². The van der Waals surface area contributed by atoms with Gasteiger partial charge >= 0.3 is 0 Å². The van der Waals surface area contributed by atoms with E-state index in [9.17, 15) is 0 Å². The van der Waals surface area contributed by atoms with E-state index < -0.39 is 0 Å². The molecule has 2 fully saturated rings. The molecule has 2 rings (SSSR count). The Balaban J connectivity index is 1.93.